The summed E-state index contributed by atoms with van der Waals surface area (Å²) in [6, 6.07) is 16.6. The first-order valence-corrected chi connectivity index (χ1v) is 8.37. The SMILES string of the molecule is CC(C)c1ccccc1OCCCCn1cnc2ccccc21. The molecular formula is C20H24N2O. The molecule has 0 fully saturated rings. The molecule has 0 aliphatic rings. The van der Waals surface area contributed by atoms with E-state index in [4.69, 9.17) is 4.74 Å². The third-order valence-corrected chi connectivity index (χ3v) is 4.12. The van der Waals surface area contributed by atoms with Crippen molar-refractivity contribution in [1.82, 2.24) is 9.55 Å². The predicted molar refractivity (Wildman–Crippen MR) is 95.0 cm³/mol. The van der Waals surface area contributed by atoms with Gasteiger partial charge in [0.15, 0.2) is 0 Å². The monoisotopic (exact) mass is 308 g/mol. The minimum atomic E-state index is 0.489. The Hall–Kier alpha value is -2.29. The predicted octanol–water partition coefficient (Wildman–Crippen LogP) is 5.02. The average Bonchev–Trinajstić information content (AvgIpc) is 2.98. The van der Waals surface area contributed by atoms with E-state index in [-0.39, 0.29) is 0 Å². The zero-order valence-electron chi connectivity index (χ0n) is 13.9. The van der Waals surface area contributed by atoms with E-state index in [1.165, 1.54) is 11.1 Å². The molecular weight excluding hydrogens is 284 g/mol. The number of nitrogens with zero attached hydrogens (tertiary/aromatic N) is 2. The molecule has 3 heteroatoms. The van der Waals surface area contributed by atoms with Crippen LogP contribution in [0.25, 0.3) is 11.0 Å². The van der Waals surface area contributed by atoms with E-state index < -0.39 is 0 Å². The molecule has 1 aromatic heterocycles. The summed E-state index contributed by atoms with van der Waals surface area (Å²) in [7, 11) is 0. The molecule has 0 aliphatic heterocycles. The molecule has 120 valence electrons. The van der Waals surface area contributed by atoms with Crippen LogP contribution in [0.3, 0.4) is 0 Å². The number of fused-ring (bicyclic) bond motifs is 1. The minimum Gasteiger partial charge on any atom is -0.493 e. The first-order valence-electron chi connectivity index (χ1n) is 8.37. The van der Waals surface area contributed by atoms with Crippen molar-refractivity contribution in [3.63, 3.8) is 0 Å². The Kier molecular flexibility index (Phi) is 4.96. The zero-order chi connectivity index (χ0) is 16.1. The number of aromatic nitrogens is 2. The lowest BCUT2D eigenvalue weighted by Crippen LogP contribution is -2.03. The van der Waals surface area contributed by atoms with Gasteiger partial charge in [-0.15, -0.1) is 0 Å². The Morgan fingerprint density at radius 3 is 2.65 bits per heavy atom. The second-order valence-electron chi connectivity index (χ2n) is 6.17. The smallest absolute Gasteiger partial charge is 0.122 e. The van der Waals surface area contributed by atoms with Gasteiger partial charge in [-0.3, -0.25) is 0 Å². The molecule has 3 rings (SSSR count). The van der Waals surface area contributed by atoms with Crippen LogP contribution in [0.15, 0.2) is 54.9 Å². The molecule has 23 heavy (non-hydrogen) atoms. The second-order valence-corrected chi connectivity index (χ2v) is 6.17. The molecule has 0 saturated heterocycles. The number of aryl methyl sites for hydroxylation is 1. The lowest BCUT2D eigenvalue weighted by molar-refractivity contribution is 0.299. The van der Waals surface area contributed by atoms with Gasteiger partial charge in [-0.2, -0.15) is 0 Å². The molecule has 0 amide bonds. The molecule has 0 N–H and O–H groups in total. The standard InChI is InChI=1S/C20H24N2O/c1-16(2)17-9-3-6-12-20(17)23-14-8-7-13-22-15-21-18-10-4-5-11-19(18)22/h3-6,9-12,15-16H,7-8,13-14H2,1-2H3. The molecule has 1 heterocycles. The zero-order valence-corrected chi connectivity index (χ0v) is 13.9. The van der Waals surface area contributed by atoms with E-state index in [2.05, 4.69) is 59.8 Å². The molecule has 0 bridgehead atoms. The van der Waals surface area contributed by atoms with Crippen LogP contribution in [0.5, 0.6) is 5.75 Å². The third-order valence-electron chi connectivity index (χ3n) is 4.12. The van der Waals surface area contributed by atoms with Crippen molar-refractivity contribution < 1.29 is 4.74 Å². The topological polar surface area (TPSA) is 27.1 Å². The summed E-state index contributed by atoms with van der Waals surface area (Å²) in [5, 5.41) is 0. The molecule has 0 spiro atoms. The number of para-hydroxylation sites is 3. The van der Waals surface area contributed by atoms with Crippen molar-refractivity contribution in [3.05, 3.63) is 60.4 Å². The fourth-order valence-corrected chi connectivity index (χ4v) is 2.84. The van der Waals surface area contributed by atoms with Crippen LogP contribution in [0.1, 0.15) is 38.2 Å². The molecule has 0 unspecified atom stereocenters. The maximum absolute atomic E-state index is 5.98. The Balaban J connectivity index is 1.49. The Labute approximate surface area is 137 Å². The van der Waals surface area contributed by atoms with E-state index in [1.807, 2.05) is 18.5 Å². The number of benzene rings is 2. The maximum atomic E-state index is 5.98. The van der Waals surface area contributed by atoms with E-state index in [0.29, 0.717) is 5.92 Å². The highest BCUT2D eigenvalue weighted by atomic mass is 16.5. The molecule has 0 radical (unpaired) electrons. The van der Waals surface area contributed by atoms with Gasteiger partial charge in [-0.1, -0.05) is 44.2 Å². The number of hydrogen-bond donors (Lipinski definition) is 0. The molecule has 2 aromatic carbocycles. The van der Waals surface area contributed by atoms with Crippen LogP contribution in [-0.2, 0) is 6.54 Å². The van der Waals surface area contributed by atoms with Gasteiger partial charge in [0, 0.05) is 6.54 Å². The fraction of sp³-hybridized carbons (Fsp3) is 0.350. The lowest BCUT2D eigenvalue weighted by atomic mass is 10.0. The number of ether oxygens (including phenoxy) is 1. The molecule has 0 atom stereocenters. The van der Waals surface area contributed by atoms with E-state index in [1.54, 1.807) is 0 Å². The second kappa shape index (κ2) is 7.32. The lowest BCUT2D eigenvalue weighted by Gasteiger charge is -2.13. The van der Waals surface area contributed by atoms with Crippen LogP contribution < -0.4 is 4.74 Å². The summed E-state index contributed by atoms with van der Waals surface area (Å²) in [4.78, 5) is 4.43. The number of hydrogen-bond acceptors (Lipinski definition) is 2. The fourth-order valence-electron chi connectivity index (χ4n) is 2.84. The summed E-state index contributed by atoms with van der Waals surface area (Å²) in [6.45, 7) is 6.14. The minimum absolute atomic E-state index is 0.489. The van der Waals surface area contributed by atoms with E-state index in [9.17, 15) is 0 Å². The normalized spacial score (nSPS) is 11.3. The largest absolute Gasteiger partial charge is 0.493 e. The summed E-state index contributed by atoms with van der Waals surface area (Å²) in [5.41, 5.74) is 3.56. The van der Waals surface area contributed by atoms with Gasteiger partial charge in [-0.25, -0.2) is 4.98 Å². The van der Waals surface area contributed by atoms with Crippen molar-refractivity contribution in [2.75, 3.05) is 6.61 Å². The Morgan fingerprint density at radius 2 is 1.78 bits per heavy atom. The van der Waals surface area contributed by atoms with E-state index in [0.717, 1.165) is 37.3 Å². The van der Waals surface area contributed by atoms with Crippen molar-refractivity contribution in [2.45, 2.75) is 39.2 Å². The van der Waals surface area contributed by atoms with Gasteiger partial charge in [0.05, 0.1) is 24.0 Å². The van der Waals surface area contributed by atoms with Crippen molar-refractivity contribution >= 4 is 11.0 Å². The highest BCUT2D eigenvalue weighted by Crippen LogP contribution is 2.26. The summed E-state index contributed by atoms with van der Waals surface area (Å²) in [5.74, 6) is 1.51. The molecule has 3 aromatic rings. The van der Waals surface area contributed by atoms with Gasteiger partial charge in [0.2, 0.25) is 0 Å². The summed E-state index contributed by atoms with van der Waals surface area (Å²) >= 11 is 0. The van der Waals surface area contributed by atoms with Crippen molar-refractivity contribution in [2.24, 2.45) is 0 Å². The molecule has 0 aliphatic carbocycles. The first kappa shape index (κ1) is 15.6. The highest BCUT2D eigenvalue weighted by molar-refractivity contribution is 5.74. The van der Waals surface area contributed by atoms with Crippen LogP contribution in [0.4, 0.5) is 0 Å². The Morgan fingerprint density at radius 1 is 1.00 bits per heavy atom. The van der Waals surface area contributed by atoms with Gasteiger partial charge in [0.1, 0.15) is 5.75 Å². The van der Waals surface area contributed by atoms with Crippen molar-refractivity contribution in [1.29, 1.82) is 0 Å². The number of imidazole rings is 1. The summed E-state index contributed by atoms with van der Waals surface area (Å²) in [6.07, 6.45) is 4.06. The summed E-state index contributed by atoms with van der Waals surface area (Å²) < 4.78 is 8.20. The van der Waals surface area contributed by atoms with Crippen LogP contribution >= 0.6 is 0 Å². The maximum Gasteiger partial charge on any atom is 0.122 e. The average molecular weight is 308 g/mol. The molecule has 3 nitrogen and oxygen atoms in total. The Bertz CT molecular complexity index is 761. The van der Waals surface area contributed by atoms with Crippen molar-refractivity contribution in [3.8, 4) is 5.75 Å². The van der Waals surface area contributed by atoms with Gasteiger partial charge >= 0.3 is 0 Å². The van der Waals surface area contributed by atoms with Gasteiger partial charge in [-0.05, 0) is 42.5 Å². The van der Waals surface area contributed by atoms with Crippen LogP contribution in [0, 0.1) is 0 Å². The number of unbranched alkanes of at least 4 members (excludes halogenated alkanes) is 1. The molecule has 0 saturated carbocycles. The quantitative estimate of drug-likeness (QED) is 0.573. The van der Waals surface area contributed by atoms with Crippen LogP contribution in [0.2, 0.25) is 0 Å². The van der Waals surface area contributed by atoms with Gasteiger partial charge in [0.25, 0.3) is 0 Å². The first-order chi connectivity index (χ1) is 11.3. The number of rotatable bonds is 7. The van der Waals surface area contributed by atoms with E-state index >= 15 is 0 Å². The van der Waals surface area contributed by atoms with Crippen LogP contribution in [-0.4, -0.2) is 16.2 Å². The highest BCUT2D eigenvalue weighted by Gasteiger charge is 2.06. The third kappa shape index (κ3) is 3.73. The van der Waals surface area contributed by atoms with Gasteiger partial charge < -0.3 is 9.30 Å².